The van der Waals surface area contributed by atoms with Crippen LogP contribution in [0.15, 0.2) is 18.2 Å². The van der Waals surface area contributed by atoms with Crippen LogP contribution in [0.25, 0.3) is 10.9 Å². The van der Waals surface area contributed by atoms with Gasteiger partial charge < -0.3 is 15.5 Å². The van der Waals surface area contributed by atoms with Crippen molar-refractivity contribution in [2.75, 3.05) is 7.11 Å². The number of nitrogens with one attached hydrogen (secondary N) is 1. The van der Waals surface area contributed by atoms with Gasteiger partial charge in [-0.2, -0.15) is 0 Å². The number of aromatic amines is 1. The number of benzene rings is 1. The number of ether oxygens (including phenoxy) is 1. The fourth-order valence-corrected chi connectivity index (χ4v) is 2.20. The number of fused-ring (bicyclic) bond motifs is 1. The molecule has 0 atom stereocenters. The molecule has 2 aromatic rings. The van der Waals surface area contributed by atoms with Gasteiger partial charge in [0.15, 0.2) is 0 Å². The van der Waals surface area contributed by atoms with E-state index in [0.29, 0.717) is 12.5 Å². The topological polar surface area (TPSA) is 51.0 Å². The molecule has 0 saturated carbocycles. The zero-order chi connectivity index (χ0) is 11.7. The quantitative estimate of drug-likeness (QED) is 0.832. The number of H-pyrrole nitrogens is 1. The molecular weight excluding hydrogens is 200 g/mol. The monoisotopic (exact) mass is 218 g/mol. The molecule has 1 heterocycles. The van der Waals surface area contributed by atoms with Crippen LogP contribution in [0.5, 0.6) is 5.75 Å². The third kappa shape index (κ3) is 1.67. The zero-order valence-electron chi connectivity index (χ0n) is 10.0. The van der Waals surface area contributed by atoms with Crippen LogP contribution in [0.4, 0.5) is 0 Å². The molecule has 3 heteroatoms. The Morgan fingerprint density at radius 2 is 2.12 bits per heavy atom. The summed E-state index contributed by atoms with van der Waals surface area (Å²) < 4.78 is 5.25. The largest absolute Gasteiger partial charge is 0.497 e. The predicted octanol–water partition coefficient (Wildman–Crippen LogP) is 2.76. The minimum absolute atomic E-state index is 0.458. The van der Waals surface area contributed by atoms with E-state index >= 15 is 0 Å². The summed E-state index contributed by atoms with van der Waals surface area (Å²) in [5.74, 6) is 1.34. The molecule has 0 unspecified atom stereocenters. The minimum atomic E-state index is 0.458. The normalized spacial score (nSPS) is 11.3. The average Bonchev–Trinajstić information content (AvgIpc) is 2.65. The van der Waals surface area contributed by atoms with Crippen molar-refractivity contribution in [1.29, 1.82) is 0 Å². The Morgan fingerprint density at radius 3 is 2.69 bits per heavy atom. The minimum Gasteiger partial charge on any atom is -0.497 e. The number of hydrogen-bond acceptors (Lipinski definition) is 2. The fraction of sp³-hybridized carbons (Fsp3) is 0.385. The van der Waals surface area contributed by atoms with E-state index in [4.69, 9.17) is 10.5 Å². The third-order valence-corrected chi connectivity index (χ3v) is 2.91. The maximum Gasteiger partial charge on any atom is 0.119 e. The summed E-state index contributed by atoms with van der Waals surface area (Å²) in [4.78, 5) is 3.37. The Labute approximate surface area is 95.6 Å². The van der Waals surface area contributed by atoms with E-state index in [9.17, 15) is 0 Å². The molecule has 1 aromatic heterocycles. The molecule has 0 saturated heterocycles. The van der Waals surface area contributed by atoms with Crippen molar-refractivity contribution in [2.24, 2.45) is 5.73 Å². The molecule has 0 aliphatic carbocycles. The van der Waals surface area contributed by atoms with Gasteiger partial charge in [0.1, 0.15) is 5.75 Å². The second kappa shape index (κ2) is 4.18. The maximum atomic E-state index is 5.76. The van der Waals surface area contributed by atoms with Crippen LogP contribution in [-0.4, -0.2) is 12.1 Å². The first-order valence-electron chi connectivity index (χ1n) is 5.56. The summed E-state index contributed by atoms with van der Waals surface area (Å²) in [5, 5.41) is 1.22. The van der Waals surface area contributed by atoms with Crippen LogP contribution in [-0.2, 0) is 6.54 Å². The molecule has 0 aliphatic heterocycles. The van der Waals surface area contributed by atoms with E-state index in [0.717, 1.165) is 17.0 Å². The van der Waals surface area contributed by atoms with Gasteiger partial charge in [-0.05, 0) is 29.7 Å². The summed E-state index contributed by atoms with van der Waals surface area (Å²) in [7, 11) is 1.69. The first kappa shape index (κ1) is 11.0. The van der Waals surface area contributed by atoms with Crippen LogP contribution in [0.1, 0.15) is 31.0 Å². The highest BCUT2D eigenvalue weighted by atomic mass is 16.5. The molecule has 0 spiro atoms. The lowest BCUT2D eigenvalue weighted by atomic mass is 9.99. The molecule has 2 rings (SSSR count). The Hall–Kier alpha value is -1.48. The van der Waals surface area contributed by atoms with Crippen molar-refractivity contribution in [2.45, 2.75) is 26.3 Å². The van der Waals surface area contributed by atoms with Crippen LogP contribution >= 0.6 is 0 Å². The van der Waals surface area contributed by atoms with Gasteiger partial charge in [0.25, 0.3) is 0 Å². The average molecular weight is 218 g/mol. The number of hydrogen-bond donors (Lipinski definition) is 2. The van der Waals surface area contributed by atoms with Crippen molar-refractivity contribution in [3.05, 3.63) is 29.5 Å². The molecule has 0 bridgehead atoms. The van der Waals surface area contributed by atoms with Crippen LogP contribution in [0, 0.1) is 0 Å². The number of rotatable bonds is 3. The fourth-order valence-electron chi connectivity index (χ4n) is 2.20. The van der Waals surface area contributed by atoms with Gasteiger partial charge >= 0.3 is 0 Å². The van der Waals surface area contributed by atoms with Gasteiger partial charge in [-0.3, -0.25) is 0 Å². The molecule has 0 radical (unpaired) electrons. The summed E-state index contributed by atoms with van der Waals surface area (Å²) in [6.07, 6.45) is 0. The highest BCUT2D eigenvalue weighted by Crippen LogP contribution is 2.31. The SMILES string of the molecule is COc1ccc2[nH]c(CN)c(C(C)C)c2c1. The molecule has 1 aromatic carbocycles. The maximum absolute atomic E-state index is 5.76. The van der Waals surface area contributed by atoms with Crippen LogP contribution < -0.4 is 10.5 Å². The van der Waals surface area contributed by atoms with E-state index < -0.39 is 0 Å². The third-order valence-electron chi connectivity index (χ3n) is 2.91. The Balaban J connectivity index is 2.70. The van der Waals surface area contributed by atoms with Gasteiger partial charge in [-0.15, -0.1) is 0 Å². The lowest BCUT2D eigenvalue weighted by Gasteiger charge is -2.07. The molecule has 0 aliphatic rings. The second-order valence-electron chi connectivity index (χ2n) is 4.29. The lowest BCUT2D eigenvalue weighted by molar-refractivity contribution is 0.415. The summed E-state index contributed by atoms with van der Waals surface area (Å²) in [6, 6.07) is 6.07. The standard InChI is InChI=1S/C13H18N2O/c1-8(2)13-10-6-9(16-3)4-5-11(10)15-12(13)7-14/h4-6,8,15H,7,14H2,1-3H3. The summed E-state index contributed by atoms with van der Waals surface area (Å²) >= 11 is 0. The highest BCUT2D eigenvalue weighted by molar-refractivity contribution is 5.86. The Kier molecular flexibility index (Phi) is 2.88. The van der Waals surface area contributed by atoms with Gasteiger partial charge in [-0.25, -0.2) is 0 Å². The second-order valence-corrected chi connectivity index (χ2v) is 4.29. The predicted molar refractivity (Wildman–Crippen MR) is 66.8 cm³/mol. The van der Waals surface area contributed by atoms with Crippen LogP contribution in [0.2, 0.25) is 0 Å². The van der Waals surface area contributed by atoms with E-state index in [2.05, 4.69) is 24.9 Å². The van der Waals surface area contributed by atoms with E-state index in [1.165, 1.54) is 10.9 Å². The molecule has 0 amide bonds. The molecule has 0 fully saturated rings. The zero-order valence-corrected chi connectivity index (χ0v) is 10.0. The molecular formula is C13H18N2O. The van der Waals surface area contributed by atoms with Gasteiger partial charge in [-0.1, -0.05) is 13.8 Å². The molecule has 3 nitrogen and oxygen atoms in total. The number of methoxy groups -OCH3 is 1. The lowest BCUT2D eigenvalue weighted by Crippen LogP contribution is -2.01. The van der Waals surface area contributed by atoms with Crippen molar-refractivity contribution in [3.8, 4) is 5.75 Å². The number of aromatic nitrogens is 1. The van der Waals surface area contributed by atoms with Crippen LogP contribution in [0.3, 0.4) is 0 Å². The molecule has 3 N–H and O–H groups in total. The van der Waals surface area contributed by atoms with Crippen molar-refractivity contribution in [3.63, 3.8) is 0 Å². The van der Waals surface area contributed by atoms with Crippen molar-refractivity contribution in [1.82, 2.24) is 4.98 Å². The molecule has 16 heavy (non-hydrogen) atoms. The first-order valence-corrected chi connectivity index (χ1v) is 5.56. The van der Waals surface area contributed by atoms with E-state index in [-0.39, 0.29) is 0 Å². The van der Waals surface area contributed by atoms with Crippen molar-refractivity contribution >= 4 is 10.9 Å². The highest BCUT2D eigenvalue weighted by Gasteiger charge is 2.13. The Bertz CT molecular complexity index is 500. The van der Waals surface area contributed by atoms with Gasteiger partial charge in [0.2, 0.25) is 0 Å². The smallest absolute Gasteiger partial charge is 0.119 e. The summed E-state index contributed by atoms with van der Waals surface area (Å²) in [5.41, 5.74) is 9.32. The van der Waals surface area contributed by atoms with Crippen molar-refractivity contribution < 1.29 is 4.74 Å². The molecule has 86 valence electrons. The van der Waals surface area contributed by atoms with E-state index in [1.807, 2.05) is 12.1 Å². The van der Waals surface area contributed by atoms with Gasteiger partial charge in [0.05, 0.1) is 7.11 Å². The number of nitrogens with two attached hydrogens (primary N) is 1. The van der Waals surface area contributed by atoms with E-state index in [1.54, 1.807) is 7.11 Å². The van der Waals surface area contributed by atoms with Gasteiger partial charge in [0, 0.05) is 23.1 Å². The first-order chi connectivity index (χ1) is 7.67. The Morgan fingerprint density at radius 1 is 1.38 bits per heavy atom. The summed E-state index contributed by atoms with van der Waals surface area (Å²) in [6.45, 7) is 4.91.